The Kier molecular flexibility index (Phi) is 5.85. The van der Waals surface area contributed by atoms with Gasteiger partial charge in [0.1, 0.15) is 0 Å². The van der Waals surface area contributed by atoms with Gasteiger partial charge in [0.2, 0.25) is 10.0 Å². The van der Waals surface area contributed by atoms with Crippen LogP contribution in [0.3, 0.4) is 0 Å². The largest absolute Gasteiger partial charge is 0.321 e. The lowest BCUT2D eigenvalue weighted by Crippen LogP contribution is -2.23. The number of halogens is 1. The molecular weight excluding hydrogens is 386 g/mol. The van der Waals surface area contributed by atoms with Gasteiger partial charge in [-0.3, -0.25) is 9.78 Å². The third-order valence-corrected chi connectivity index (χ3v) is 5.39. The van der Waals surface area contributed by atoms with E-state index in [1.54, 1.807) is 48.8 Å². The zero-order valence-corrected chi connectivity index (χ0v) is 15.7. The van der Waals surface area contributed by atoms with Gasteiger partial charge in [-0.2, -0.15) is 0 Å². The second-order valence-electron chi connectivity index (χ2n) is 5.67. The van der Waals surface area contributed by atoms with Crippen molar-refractivity contribution in [1.29, 1.82) is 0 Å². The number of rotatable bonds is 6. The van der Waals surface area contributed by atoms with Crippen LogP contribution in [0.15, 0.2) is 78.0 Å². The number of nitrogens with one attached hydrogen (secondary N) is 2. The number of nitrogens with zero attached hydrogens (tertiary/aromatic N) is 1. The maximum atomic E-state index is 12.3. The summed E-state index contributed by atoms with van der Waals surface area (Å²) in [5.74, 6) is -0.267. The van der Waals surface area contributed by atoms with E-state index in [2.05, 4.69) is 15.0 Å². The van der Waals surface area contributed by atoms with Crippen LogP contribution < -0.4 is 10.0 Å². The maximum Gasteiger partial charge on any atom is 0.255 e. The summed E-state index contributed by atoms with van der Waals surface area (Å²) in [6.07, 6.45) is 3.17. The number of hydrogen-bond donors (Lipinski definition) is 2. The van der Waals surface area contributed by atoms with Crippen LogP contribution >= 0.6 is 11.6 Å². The minimum atomic E-state index is -3.64. The van der Waals surface area contributed by atoms with Crippen molar-refractivity contribution in [2.45, 2.75) is 11.4 Å². The fraction of sp³-hybridized carbons (Fsp3) is 0.0526. The Morgan fingerprint density at radius 2 is 1.70 bits per heavy atom. The van der Waals surface area contributed by atoms with Gasteiger partial charge in [-0.25, -0.2) is 13.1 Å². The Balaban J connectivity index is 1.62. The van der Waals surface area contributed by atoms with Crippen LogP contribution in [0.25, 0.3) is 0 Å². The smallest absolute Gasteiger partial charge is 0.255 e. The molecule has 0 fully saturated rings. The molecule has 0 atom stereocenters. The summed E-state index contributed by atoms with van der Waals surface area (Å²) in [6.45, 7) is 0.107. The van der Waals surface area contributed by atoms with Gasteiger partial charge in [0.15, 0.2) is 0 Å². The molecule has 0 aliphatic rings. The molecule has 1 aromatic heterocycles. The van der Waals surface area contributed by atoms with E-state index in [4.69, 9.17) is 11.6 Å². The summed E-state index contributed by atoms with van der Waals surface area (Å²) >= 11 is 5.77. The first-order valence-corrected chi connectivity index (χ1v) is 9.86. The van der Waals surface area contributed by atoms with Crippen LogP contribution in [0.2, 0.25) is 5.02 Å². The predicted octanol–water partition coefficient (Wildman–Crippen LogP) is 3.47. The number of carbonyl (C=O) groups excluding carboxylic acids is 1. The summed E-state index contributed by atoms with van der Waals surface area (Å²) in [5, 5.41) is 3.20. The van der Waals surface area contributed by atoms with Crippen LogP contribution in [0.1, 0.15) is 15.9 Å². The molecule has 8 heteroatoms. The monoisotopic (exact) mass is 401 g/mol. The van der Waals surface area contributed by atoms with Crippen molar-refractivity contribution in [2.75, 3.05) is 5.32 Å². The average molecular weight is 402 g/mol. The standard InChI is InChI=1S/C19H16ClN3O3S/c20-16-7-9-18(10-8-16)27(25,26)22-12-14-3-5-15(6-4-14)19(24)23-17-2-1-11-21-13-17/h1-11,13,22H,12H2,(H,23,24). The van der Waals surface area contributed by atoms with Crippen LogP contribution in [0.4, 0.5) is 5.69 Å². The zero-order valence-electron chi connectivity index (χ0n) is 14.1. The van der Waals surface area contributed by atoms with Gasteiger partial charge in [-0.05, 0) is 54.1 Å². The first-order chi connectivity index (χ1) is 12.9. The van der Waals surface area contributed by atoms with E-state index in [1.165, 1.54) is 24.3 Å². The molecule has 6 nitrogen and oxygen atoms in total. The van der Waals surface area contributed by atoms with Crippen molar-refractivity contribution in [3.05, 3.63) is 89.2 Å². The Bertz CT molecular complexity index is 1020. The Labute approximate surface area is 162 Å². The molecule has 3 rings (SSSR count). The summed E-state index contributed by atoms with van der Waals surface area (Å²) in [7, 11) is -3.64. The van der Waals surface area contributed by atoms with Crippen LogP contribution in [0, 0.1) is 0 Å². The molecule has 0 aliphatic carbocycles. The molecule has 0 bridgehead atoms. The molecule has 0 saturated heterocycles. The van der Waals surface area contributed by atoms with E-state index in [-0.39, 0.29) is 17.3 Å². The highest BCUT2D eigenvalue weighted by Gasteiger charge is 2.13. The number of pyridine rings is 1. The lowest BCUT2D eigenvalue weighted by atomic mass is 10.1. The zero-order chi connectivity index (χ0) is 19.3. The number of anilines is 1. The number of carbonyl (C=O) groups is 1. The lowest BCUT2D eigenvalue weighted by molar-refractivity contribution is 0.102. The minimum absolute atomic E-state index is 0.107. The Morgan fingerprint density at radius 1 is 1.00 bits per heavy atom. The van der Waals surface area contributed by atoms with Crippen molar-refractivity contribution in [2.24, 2.45) is 0 Å². The molecule has 1 heterocycles. The molecule has 0 radical (unpaired) electrons. The molecule has 0 spiro atoms. The SMILES string of the molecule is O=C(Nc1cccnc1)c1ccc(CNS(=O)(=O)c2ccc(Cl)cc2)cc1. The van der Waals surface area contributed by atoms with E-state index in [0.29, 0.717) is 16.3 Å². The summed E-state index contributed by atoms with van der Waals surface area (Å²) < 4.78 is 27.1. The van der Waals surface area contributed by atoms with Gasteiger partial charge in [-0.15, -0.1) is 0 Å². The topological polar surface area (TPSA) is 88.2 Å². The van der Waals surface area contributed by atoms with Gasteiger partial charge >= 0.3 is 0 Å². The van der Waals surface area contributed by atoms with Crippen molar-refractivity contribution >= 4 is 33.2 Å². The van der Waals surface area contributed by atoms with E-state index in [1.807, 2.05) is 0 Å². The van der Waals surface area contributed by atoms with E-state index < -0.39 is 10.0 Å². The number of hydrogen-bond acceptors (Lipinski definition) is 4. The van der Waals surface area contributed by atoms with Gasteiger partial charge < -0.3 is 5.32 Å². The van der Waals surface area contributed by atoms with Crippen molar-refractivity contribution in [1.82, 2.24) is 9.71 Å². The fourth-order valence-corrected chi connectivity index (χ4v) is 3.43. The molecule has 0 saturated carbocycles. The van der Waals surface area contributed by atoms with E-state index >= 15 is 0 Å². The summed E-state index contributed by atoms with van der Waals surface area (Å²) in [4.78, 5) is 16.3. The highest BCUT2D eigenvalue weighted by Crippen LogP contribution is 2.15. The molecule has 27 heavy (non-hydrogen) atoms. The normalized spacial score (nSPS) is 11.1. The van der Waals surface area contributed by atoms with Crippen LogP contribution in [0.5, 0.6) is 0 Å². The van der Waals surface area contributed by atoms with Crippen LogP contribution in [-0.2, 0) is 16.6 Å². The number of aromatic nitrogens is 1. The summed E-state index contributed by atoms with van der Waals surface area (Å²) in [5.41, 5.74) is 1.79. The van der Waals surface area contributed by atoms with Gasteiger partial charge in [0, 0.05) is 23.3 Å². The van der Waals surface area contributed by atoms with Gasteiger partial charge in [0.25, 0.3) is 5.91 Å². The van der Waals surface area contributed by atoms with Crippen LogP contribution in [-0.4, -0.2) is 19.3 Å². The molecule has 3 aromatic rings. The third kappa shape index (κ3) is 5.13. The van der Waals surface area contributed by atoms with E-state index in [0.717, 1.165) is 5.56 Å². The van der Waals surface area contributed by atoms with Crippen molar-refractivity contribution in [3.63, 3.8) is 0 Å². The molecule has 2 N–H and O–H groups in total. The molecular formula is C19H16ClN3O3S. The highest BCUT2D eigenvalue weighted by atomic mass is 35.5. The molecule has 2 aromatic carbocycles. The molecule has 0 unspecified atom stereocenters. The highest BCUT2D eigenvalue weighted by molar-refractivity contribution is 7.89. The fourth-order valence-electron chi connectivity index (χ4n) is 2.29. The van der Waals surface area contributed by atoms with Gasteiger partial charge in [0.05, 0.1) is 16.8 Å². The number of benzene rings is 2. The van der Waals surface area contributed by atoms with Crippen molar-refractivity contribution in [3.8, 4) is 0 Å². The molecule has 0 aliphatic heterocycles. The number of sulfonamides is 1. The lowest BCUT2D eigenvalue weighted by Gasteiger charge is -2.08. The molecule has 138 valence electrons. The minimum Gasteiger partial charge on any atom is -0.321 e. The first kappa shape index (κ1) is 19.0. The second-order valence-corrected chi connectivity index (χ2v) is 7.87. The Morgan fingerprint density at radius 3 is 2.33 bits per heavy atom. The second kappa shape index (κ2) is 8.30. The van der Waals surface area contributed by atoms with Crippen molar-refractivity contribution < 1.29 is 13.2 Å². The third-order valence-electron chi connectivity index (χ3n) is 3.73. The first-order valence-electron chi connectivity index (χ1n) is 7.99. The maximum absolute atomic E-state index is 12.3. The average Bonchev–Trinajstić information content (AvgIpc) is 2.68. The quantitative estimate of drug-likeness (QED) is 0.662. The number of amides is 1. The molecule has 1 amide bonds. The Hall–Kier alpha value is -2.74. The van der Waals surface area contributed by atoms with E-state index in [9.17, 15) is 13.2 Å². The van der Waals surface area contributed by atoms with Gasteiger partial charge in [-0.1, -0.05) is 23.7 Å². The predicted molar refractivity (Wildman–Crippen MR) is 104 cm³/mol. The summed E-state index contributed by atoms with van der Waals surface area (Å²) in [6, 6.07) is 16.1.